The van der Waals surface area contributed by atoms with Crippen molar-refractivity contribution in [3.05, 3.63) is 29.4 Å². The maximum atomic E-state index is 12.1. The number of pyridine rings is 1. The molecule has 0 bridgehead atoms. The number of carbonyl (C=O) groups excluding carboxylic acids is 1. The number of hydrogen-bond donors (Lipinski definition) is 0. The van der Waals surface area contributed by atoms with Gasteiger partial charge >= 0.3 is 0 Å². The van der Waals surface area contributed by atoms with Crippen molar-refractivity contribution in [1.82, 2.24) is 9.88 Å². The predicted octanol–water partition coefficient (Wildman–Crippen LogP) is 2.53. The molecule has 2 aromatic rings. The molecular weight excluding hydrogens is 220 g/mol. The zero-order chi connectivity index (χ0) is 11.0. The van der Waals surface area contributed by atoms with Crippen LogP contribution in [0.25, 0.3) is 10.1 Å². The molecular formula is C12H12N2OS. The first-order chi connectivity index (χ1) is 7.84. The highest BCUT2D eigenvalue weighted by molar-refractivity contribution is 7.17. The zero-order valence-electron chi connectivity index (χ0n) is 8.85. The number of fused-ring (bicyclic) bond motifs is 1. The van der Waals surface area contributed by atoms with Crippen molar-refractivity contribution in [2.24, 2.45) is 0 Å². The van der Waals surface area contributed by atoms with Crippen LogP contribution in [-0.4, -0.2) is 28.9 Å². The largest absolute Gasteiger partial charge is 0.337 e. The second-order valence-corrected chi connectivity index (χ2v) is 4.97. The average molecular weight is 232 g/mol. The van der Waals surface area contributed by atoms with E-state index in [0.717, 1.165) is 36.0 Å². The number of likely N-dealkylation sites (tertiary alicyclic amines) is 1. The Morgan fingerprint density at radius 1 is 1.38 bits per heavy atom. The van der Waals surface area contributed by atoms with E-state index in [-0.39, 0.29) is 5.91 Å². The lowest BCUT2D eigenvalue weighted by atomic mass is 10.3. The molecule has 2 aromatic heterocycles. The van der Waals surface area contributed by atoms with E-state index in [9.17, 15) is 4.79 Å². The molecule has 0 saturated carbocycles. The van der Waals surface area contributed by atoms with Gasteiger partial charge < -0.3 is 4.90 Å². The molecule has 1 fully saturated rings. The number of aromatic nitrogens is 1. The van der Waals surface area contributed by atoms with Gasteiger partial charge in [0.15, 0.2) is 0 Å². The summed E-state index contributed by atoms with van der Waals surface area (Å²) in [4.78, 5) is 18.2. The highest BCUT2D eigenvalue weighted by atomic mass is 32.1. The molecule has 3 nitrogen and oxygen atoms in total. The van der Waals surface area contributed by atoms with Crippen LogP contribution in [0.15, 0.2) is 23.7 Å². The zero-order valence-corrected chi connectivity index (χ0v) is 9.67. The Hall–Kier alpha value is -1.42. The van der Waals surface area contributed by atoms with E-state index >= 15 is 0 Å². The molecule has 16 heavy (non-hydrogen) atoms. The first-order valence-corrected chi connectivity index (χ1v) is 6.35. The number of hydrogen-bond acceptors (Lipinski definition) is 3. The van der Waals surface area contributed by atoms with Crippen LogP contribution >= 0.6 is 11.3 Å². The van der Waals surface area contributed by atoms with Gasteiger partial charge in [0.25, 0.3) is 5.91 Å². The maximum Gasteiger partial charge on any atom is 0.272 e. The lowest BCUT2D eigenvalue weighted by Crippen LogP contribution is -2.28. The third kappa shape index (κ3) is 1.59. The SMILES string of the molecule is O=C(c1cc2sccc2cn1)N1CCCC1. The van der Waals surface area contributed by atoms with Crippen molar-refractivity contribution in [1.29, 1.82) is 0 Å². The lowest BCUT2D eigenvalue weighted by molar-refractivity contribution is 0.0787. The summed E-state index contributed by atoms with van der Waals surface area (Å²) in [5.41, 5.74) is 0.580. The van der Waals surface area contributed by atoms with Crippen molar-refractivity contribution >= 4 is 27.3 Å². The van der Waals surface area contributed by atoms with Crippen LogP contribution in [0.2, 0.25) is 0 Å². The summed E-state index contributed by atoms with van der Waals surface area (Å²) in [5, 5.41) is 3.14. The van der Waals surface area contributed by atoms with Gasteiger partial charge in [-0.25, -0.2) is 0 Å². The fourth-order valence-electron chi connectivity index (χ4n) is 2.05. The van der Waals surface area contributed by atoms with Crippen LogP contribution in [0.4, 0.5) is 0 Å². The fraction of sp³-hybridized carbons (Fsp3) is 0.333. The monoisotopic (exact) mass is 232 g/mol. The van der Waals surface area contributed by atoms with Gasteiger partial charge in [-0.3, -0.25) is 9.78 Å². The van der Waals surface area contributed by atoms with Gasteiger partial charge in [0.05, 0.1) is 0 Å². The number of thiophene rings is 1. The van der Waals surface area contributed by atoms with Gasteiger partial charge in [-0.05, 0) is 30.4 Å². The Morgan fingerprint density at radius 2 is 2.19 bits per heavy atom. The number of rotatable bonds is 1. The standard InChI is InChI=1S/C12H12N2OS/c15-12(14-4-1-2-5-14)10-7-11-9(8-13-10)3-6-16-11/h3,6-8H,1-2,4-5H2. The minimum Gasteiger partial charge on any atom is -0.337 e. The van der Waals surface area contributed by atoms with Gasteiger partial charge in [-0.1, -0.05) is 0 Å². The minimum atomic E-state index is 0.0767. The predicted molar refractivity (Wildman–Crippen MR) is 64.8 cm³/mol. The fourth-order valence-corrected chi connectivity index (χ4v) is 2.85. The van der Waals surface area contributed by atoms with Gasteiger partial charge in [0.1, 0.15) is 5.69 Å². The van der Waals surface area contributed by atoms with Crippen molar-refractivity contribution in [2.45, 2.75) is 12.8 Å². The number of carbonyl (C=O) groups is 1. The Bertz CT molecular complexity index is 529. The van der Waals surface area contributed by atoms with E-state index in [4.69, 9.17) is 0 Å². The molecule has 0 radical (unpaired) electrons. The van der Waals surface area contributed by atoms with Crippen LogP contribution < -0.4 is 0 Å². The molecule has 4 heteroatoms. The Balaban J connectivity index is 1.95. The molecule has 82 valence electrons. The molecule has 3 heterocycles. The summed E-state index contributed by atoms with van der Waals surface area (Å²) in [6.45, 7) is 1.76. The molecule has 1 saturated heterocycles. The molecule has 1 aliphatic heterocycles. The van der Waals surface area contributed by atoms with Crippen LogP contribution in [0.5, 0.6) is 0 Å². The molecule has 0 aliphatic carbocycles. The summed E-state index contributed by atoms with van der Waals surface area (Å²) in [7, 11) is 0. The summed E-state index contributed by atoms with van der Waals surface area (Å²) in [5.74, 6) is 0.0767. The van der Waals surface area contributed by atoms with Crippen LogP contribution in [0, 0.1) is 0 Å². The first-order valence-electron chi connectivity index (χ1n) is 5.47. The number of amides is 1. The second-order valence-electron chi connectivity index (χ2n) is 4.03. The van der Waals surface area contributed by atoms with Crippen molar-refractivity contribution in [3.63, 3.8) is 0 Å². The Labute approximate surface area is 97.7 Å². The normalized spacial score (nSPS) is 15.9. The van der Waals surface area contributed by atoms with E-state index in [1.807, 2.05) is 22.4 Å². The third-order valence-electron chi connectivity index (χ3n) is 2.95. The molecule has 0 N–H and O–H groups in total. The van der Waals surface area contributed by atoms with E-state index in [1.54, 1.807) is 17.5 Å². The summed E-state index contributed by atoms with van der Waals surface area (Å²) in [6.07, 6.45) is 4.02. The highest BCUT2D eigenvalue weighted by Gasteiger charge is 2.20. The lowest BCUT2D eigenvalue weighted by Gasteiger charge is -2.14. The smallest absolute Gasteiger partial charge is 0.272 e. The Kier molecular flexibility index (Phi) is 2.36. The van der Waals surface area contributed by atoms with E-state index in [2.05, 4.69) is 4.98 Å². The molecule has 1 aliphatic rings. The topological polar surface area (TPSA) is 33.2 Å². The molecule has 0 atom stereocenters. The van der Waals surface area contributed by atoms with E-state index in [0.29, 0.717) is 5.69 Å². The molecule has 3 rings (SSSR count). The summed E-state index contributed by atoms with van der Waals surface area (Å²) < 4.78 is 1.14. The van der Waals surface area contributed by atoms with Crippen molar-refractivity contribution in [2.75, 3.05) is 13.1 Å². The number of nitrogens with zero attached hydrogens (tertiary/aromatic N) is 2. The Morgan fingerprint density at radius 3 is 3.00 bits per heavy atom. The van der Waals surface area contributed by atoms with Crippen LogP contribution in [0.3, 0.4) is 0 Å². The van der Waals surface area contributed by atoms with E-state index < -0.39 is 0 Å². The second kappa shape index (κ2) is 3.87. The average Bonchev–Trinajstić information content (AvgIpc) is 2.98. The molecule has 0 unspecified atom stereocenters. The van der Waals surface area contributed by atoms with Crippen LogP contribution in [-0.2, 0) is 0 Å². The van der Waals surface area contributed by atoms with Gasteiger partial charge in [-0.2, -0.15) is 0 Å². The van der Waals surface area contributed by atoms with Crippen LogP contribution in [0.1, 0.15) is 23.3 Å². The van der Waals surface area contributed by atoms with Gasteiger partial charge in [-0.15, -0.1) is 11.3 Å². The summed E-state index contributed by atoms with van der Waals surface area (Å²) >= 11 is 1.65. The quantitative estimate of drug-likeness (QED) is 0.757. The third-order valence-corrected chi connectivity index (χ3v) is 3.83. The van der Waals surface area contributed by atoms with Crippen molar-refractivity contribution in [3.8, 4) is 0 Å². The van der Waals surface area contributed by atoms with Gasteiger partial charge in [0, 0.05) is 29.4 Å². The summed E-state index contributed by atoms with van der Waals surface area (Å²) in [6, 6.07) is 3.93. The highest BCUT2D eigenvalue weighted by Crippen LogP contribution is 2.21. The van der Waals surface area contributed by atoms with Gasteiger partial charge in [0.2, 0.25) is 0 Å². The maximum absolute atomic E-state index is 12.1. The minimum absolute atomic E-state index is 0.0767. The van der Waals surface area contributed by atoms with Crippen molar-refractivity contribution < 1.29 is 4.79 Å². The molecule has 1 amide bonds. The molecule has 0 aromatic carbocycles. The van der Waals surface area contributed by atoms with E-state index in [1.165, 1.54) is 0 Å². The first kappa shape index (κ1) is 9.78. The molecule has 0 spiro atoms.